The van der Waals surface area contributed by atoms with Crippen LogP contribution in [0.3, 0.4) is 0 Å². The maximum absolute atomic E-state index is 9.55. The summed E-state index contributed by atoms with van der Waals surface area (Å²) in [5, 5.41) is 22.6. The fourth-order valence-electron chi connectivity index (χ4n) is 3.35. The van der Waals surface area contributed by atoms with Crippen LogP contribution >= 0.6 is 0 Å². The Bertz CT molecular complexity index is 738. The van der Waals surface area contributed by atoms with Gasteiger partial charge in [0.15, 0.2) is 5.96 Å². The molecule has 0 aromatic heterocycles. The number of aliphatic carboxylic acids is 2. The highest BCUT2D eigenvalue weighted by Gasteiger charge is 2.18. The van der Waals surface area contributed by atoms with E-state index in [2.05, 4.69) is 44.8 Å². The first kappa shape index (κ1) is 23.2. The predicted octanol–water partition coefficient (Wildman–Crippen LogP) is 2.16. The number of carbonyl (C=O) groups is 2. The molecule has 0 bridgehead atoms. The maximum atomic E-state index is 9.55. The minimum Gasteiger partial charge on any atom is -0.478 e. The molecule has 1 saturated heterocycles. The standard InChI is InChI=1S/C17H26N4O.C4H4O4/c1-18-17(19-14-6-2-3-7-14)20-15-8-4-5-9-16(15)21-10-12-22-13-11-21;5-3(6)1-2-4(7)8/h4-5,8-9,14H,2-3,6-7,10-13H2,1H3,(H2,18,19,20);1-2H,(H,5,6)(H,7,8)/b;2-1+. The van der Waals surface area contributed by atoms with Crippen LogP contribution < -0.4 is 15.5 Å². The van der Waals surface area contributed by atoms with Crippen molar-refractivity contribution in [3.8, 4) is 0 Å². The monoisotopic (exact) mass is 418 g/mol. The highest BCUT2D eigenvalue weighted by molar-refractivity contribution is 5.96. The van der Waals surface area contributed by atoms with E-state index in [1.807, 2.05) is 7.05 Å². The van der Waals surface area contributed by atoms with Crippen LogP contribution in [0.4, 0.5) is 11.4 Å². The largest absolute Gasteiger partial charge is 0.478 e. The number of morpholine rings is 1. The molecule has 9 heteroatoms. The Morgan fingerprint density at radius 1 is 1.10 bits per heavy atom. The Morgan fingerprint density at radius 3 is 2.27 bits per heavy atom. The number of nitrogens with one attached hydrogen (secondary N) is 2. The first-order chi connectivity index (χ1) is 14.5. The minimum atomic E-state index is -1.26. The van der Waals surface area contributed by atoms with Gasteiger partial charge in [0.05, 0.1) is 24.6 Å². The smallest absolute Gasteiger partial charge is 0.328 e. The van der Waals surface area contributed by atoms with Crippen molar-refractivity contribution in [1.82, 2.24) is 5.32 Å². The molecule has 0 atom stereocenters. The zero-order valence-electron chi connectivity index (χ0n) is 17.2. The Morgan fingerprint density at radius 2 is 1.70 bits per heavy atom. The van der Waals surface area contributed by atoms with Crippen molar-refractivity contribution >= 4 is 29.3 Å². The van der Waals surface area contributed by atoms with E-state index in [4.69, 9.17) is 14.9 Å². The third kappa shape index (κ3) is 8.12. The summed E-state index contributed by atoms with van der Waals surface area (Å²) in [5.41, 5.74) is 2.33. The fraction of sp³-hybridized carbons (Fsp3) is 0.476. The number of hydrogen-bond acceptors (Lipinski definition) is 5. The third-order valence-electron chi connectivity index (χ3n) is 4.80. The lowest BCUT2D eigenvalue weighted by atomic mass is 10.2. The third-order valence-corrected chi connectivity index (χ3v) is 4.80. The van der Waals surface area contributed by atoms with E-state index in [1.165, 1.54) is 31.4 Å². The van der Waals surface area contributed by atoms with Gasteiger partial charge >= 0.3 is 11.9 Å². The Balaban J connectivity index is 0.000000343. The van der Waals surface area contributed by atoms with Gasteiger partial charge < -0.3 is 30.5 Å². The van der Waals surface area contributed by atoms with Crippen molar-refractivity contribution in [2.45, 2.75) is 31.7 Å². The van der Waals surface area contributed by atoms with Crippen molar-refractivity contribution in [2.75, 3.05) is 43.6 Å². The van der Waals surface area contributed by atoms with E-state index in [-0.39, 0.29) is 0 Å². The van der Waals surface area contributed by atoms with Gasteiger partial charge in [-0.3, -0.25) is 4.99 Å². The van der Waals surface area contributed by atoms with Crippen LogP contribution in [0.2, 0.25) is 0 Å². The van der Waals surface area contributed by atoms with Gasteiger partial charge in [0, 0.05) is 38.3 Å². The molecule has 1 saturated carbocycles. The molecular weight excluding hydrogens is 388 g/mol. The van der Waals surface area contributed by atoms with E-state index in [1.54, 1.807) is 0 Å². The van der Waals surface area contributed by atoms with Crippen LogP contribution in [-0.4, -0.2) is 67.5 Å². The first-order valence-electron chi connectivity index (χ1n) is 10.1. The summed E-state index contributed by atoms with van der Waals surface area (Å²) >= 11 is 0. The number of para-hydroxylation sites is 2. The summed E-state index contributed by atoms with van der Waals surface area (Å²) in [6.45, 7) is 3.47. The van der Waals surface area contributed by atoms with E-state index in [0.29, 0.717) is 18.2 Å². The summed E-state index contributed by atoms with van der Waals surface area (Å²) in [6, 6.07) is 8.99. The number of rotatable bonds is 5. The average Bonchev–Trinajstić information content (AvgIpc) is 3.26. The molecule has 0 unspecified atom stereocenters. The molecule has 0 spiro atoms. The number of benzene rings is 1. The van der Waals surface area contributed by atoms with Crippen LogP contribution in [0.5, 0.6) is 0 Å². The molecule has 2 fully saturated rings. The van der Waals surface area contributed by atoms with Gasteiger partial charge in [0.1, 0.15) is 0 Å². The molecule has 2 aliphatic rings. The van der Waals surface area contributed by atoms with Crippen molar-refractivity contribution in [1.29, 1.82) is 0 Å². The Kier molecular flexibility index (Phi) is 9.66. The molecule has 3 rings (SSSR count). The van der Waals surface area contributed by atoms with Crippen molar-refractivity contribution in [3.05, 3.63) is 36.4 Å². The molecule has 1 aromatic carbocycles. The molecule has 1 aliphatic carbocycles. The average molecular weight is 418 g/mol. The fourth-order valence-corrected chi connectivity index (χ4v) is 3.35. The lowest BCUT2D eigenvalue weighted by molar-refractivity contribution is -0.134. The van der Waals surface area contributed by atoms with E-state index >= 15 is 0 Å². The van der Waals surface area contributed by atoms with Gasteiger partial charge in [-0.25, -0.2) is 9.59 Å². The second-order valence-electron chi connectivity index (χ2n) is 6.95. The molecule has 9 nitrogen and oxygen atoms in total. The second kappa shape index (κ2) is 12.5. The van der Waals surface area contributed by atoms with Crippen LogP contribution in [-0.2, 0) is 14.3 Å². The summed E-state index contributed by atoms with van der Waals surface area (Å²) in [6.07, 6.45) is 6.24. The maximum Gasteiger partial charge on any atom is 0.328 e. The number of carboxylic acid groups (broad SMARTS) is 2. The summed E-state index contributed by atoms with van der Waals surface area (Å²) < 4.78 is 5.45. The van der Waals surface area contributed by atoms with Gasteiger partial charge in [-0.1, -0.05) is 25.0 Å². The number of ether oxygens (including phenoxy) is 1. The van der Waals surface area contributed by atoms with Crippen LogP contribution in [0.15, 0.2) is 41.4 Å². The summed E-state index contributed by atoms with van der Waals surface area (Å²) in [4.78, 5) is 25.9. The number of aliphatic imine (C=N–C) groups is 1. The van der Waals surface area contributed by atoms with Crippen molar-refractivity contribution in [2.24, 2.45) is 4.99 Å². The van der Waals surface area contributed by atoms with Gasteiger partial charge in [0.25, 0.3) is 0 Å². The zero-order chi connectivity index (χ0) is 21.8. The van der Waals surface area contributed by atoms with Crippen molar-refractivity contribution in [3.63, 3.8) is 0 Å². The Hall–Kier alpha value is -3.07. The van der Waals surface area contributed by atoms with E-state index < -0.39 is 11.9 Å². The van der Waals surface area contributed by atoms with Crippen LogP contribution in [0.25, 0.3) is 0 Å². The second-order valence-corrected chi connectivity index (χ2v) is 6.95. The SMILES string of the molecule is CN=C(Nc1ccccc1N1CCOCC1)NC1CCCC1.O=C(O)/C=C/C(=O)O. The number of nitrogens with zero attached hydrogens (tertiary/aromatic N) is 2. The molecule has 164 valence electrons. The molecule has 1 aromatic rings. The van der Waals surface area contributed by atoms with E-state index in [0.717, 1.165) is 38.0 Å². The molecular formula is C21H30N4O5. The minimum absolute atomic E-state index is 0.557. The first-order valence-corrected chi connectivity index (χ1v) is 10.1. The highest BCUT2D eigenvalue weighted by atomic mass is 16.5. The van der Waals surface area contributed by atoms with Crippen LogP contribution in [0.1, 0.15) is 25.7 Å². The molecule has 0 radical (unpaired) electrons. The van der Waals surface area contributed by atoms with Gasteiger partial charge in [-0.05, 0) is 25.0 Å². The summed E-state index contributed by atoms with van der Waals surface area (Å²) in [7, 11) is 1.83. The van der Waals surface area contributed by atoms with Gasteiger partial charge in [-0.2, -0.15) is 0 Å². The lowest BCUT2D eigenvalue weighted by Crippen LogP contribution is -2.39. The zero-order valence-corrected chi connectivity index (χ0v) is 17.2. The van der Waals surface area contributed by atoms with Crippen LogP contribution in [0, 0.1) is 0 Å². The molecule has 1 heterocycles. The van der Waals surface area contributed by atoms with E-state index in [9.17, 15) is 9.59 Å². The Labute approximate surface area is 176 Å². The quantitative estimate of drug-likeness (QED) is 0.326. The number of hydrogen-bond donors (Lipinski definition) is 4. The predicted molar refractivity (Wildman–Crippen MR) is 116 cm³/mol. The molecule has 4 N–H and O–H groups in total. The topological polar surface area (TPSA) is 123 Å². The van der Waals surface area contributed by atoms with Gasteiger partial charge in [0.2, 0.25) is 0 Å². The number of anilines is 2. The molecule has 1 aliphatic heterocycles. The van der Waals surface area contributed by atoms with Crippen molar-refractivity contribution < 1.29 is 24.5 Å². The molecule has 0 amide bonds. The van der Waals surface area contributed by atoms with Gasteiger partial charge in [-0.15, -0.1) is 0 Å². The highest BCUT2D eigenvalue weighted by Crippen LogP contribution is 2.26. The normalized spacial score (nSPS) is 17.4. The molecule has 30 heavy (non-hydrogen) atoms. The number of carboxylic acids is 2. The lowest BCUT2D eigenvalue weighted by Gasteiger charge is -2.31. The number of guanidine groups is 1. The summed E-state index contributed by atoms with van der Waals surface area (Å²) in [5.74, 6) is -1.65.